The number of carbonyl (C=O) groups excluding carboxylic acids is 1. The zero-order chi connectivity index (χ0) is 14.3. The van der Waals surface area contributed by atoms with Crippen LogP contribution >= 0.6 is 11.3 Å². The molecule has 0 radical (unpaired) electrons. The second-order valence-corrected chi connectivity index (χ2v) is 6.01. The molecule has 0 spiro atoms. The normalized spacial score (nSPS) is 22.6. The van der Waals surface area contributed by atoms with Gasteiger partial charge in [0.2, 0.25) is 5.91 Å². The summed E-state index contributed by atoms with van der Waals surface area (Å²) in [7, 11) is 0. The second kappa shape index (κ2) is 4.90. The van der Waals surface area contributed by atoms with Gasteiger partial charge in [0, 0.05) is 24.3 Å². The van der Waals surface area contributed by atoms with E-state index < -0.39 is 12.0 Å². The van der Waals surface area contributed by atoms with Gasteiger partial charge in [0.05, 0.1) is 12.1 Å². The number of aliphatic carboxylic acids is 1. The van der Waals surface area contributed by atoms with Crippen molar-refractivity contribution < 1.29 is 14.7 Å². The number of carbonyl (C=O) groups is 2. The number of amides is 1. The number of thiazole rings is 1. The molecule has 7 heteroatoms. The van der Waals surface area contributed by atoms with Crippen LogP contribution in [0.2, 0.25) is 0 Å². The van der Waals surface area contributed by atoms with E-state index in [9.17, 15) is 14.7 Å². The number of nitrogens with zero attached hydrogens (tertiary/aromatic N) is 3. The summed E-state index contributed by atoms with van der Waals surface area (Å²) in [6.07, 6.45) is 4.60. The Morgan fingerprint density at radius 1 is 1.55 bits per heavy atom. The molecule has 0 saturated carbocycles. The molecule has 1 N–H and O–H groups in total. The Morgan fingerprint density at radius 3 is 3.05 bits per heavy atom. The minimum absolute atomic E-state index is 0.00180. The van der Waals surface area contributed by atoms with Gasteiger partial charge in [-0.05, 0) is 12.3 Å². The first-order valence-electron chi connectivity index (χ1n) is 6.49. The van der Waals surface area contributed by atoms with Crippen molar-refractivity contribution in [1.29, 1.82) is 0 Å². The monoisotopic (exact) mass is 293 g/mol. The third kappa shape index (κ3) is 2.18. The molecule has 1 aliphatic rings. The van der Waals surface area contributed by atoms with Gasteiger partial charge in [0.25, 0.3) is 0 Å². The van der Waals surface area contributed by atoms with Crippen LogP contribution in [0.5, 0.6) is 0 Å². The summed E-state index contributed by atoms with van der Waals surface area (Å²) in [5.74, 6) is -1.08. The van der Waals surface area contributed by atoms with Crippen LogP contribution in [0, 0.1) is 5.92 Å². The van der Waals surface area contributed by atoms with E-state index >= 15 is 0 Å². The van der Waals surface area contributed by atoms with Gasteiger partial charge in [-0.2, -0.15) is 0 Å². The van der Waals surface area contributed by atoms with E-state index in [-0.39, 0.29) is 18.2 Å². The lowest BCUT2D eigenvalue weighted by Crippen LogP contribution is -2.43. The third-order valence-electron chi connectivity index (χ3n) is 3.75. The van der Waals surface area contributed by atoms with Gasteiger partial charge in [-0.1, -0.05) is 6.92 Å². The number of hydrogen-bond donors (Lipinski definition) is 1. The van der Waals surface area contributed by atoms with Crippen molar-refractivity contribution in [2.45, 2.75) is 25.8 Å². The molecule has 3 rings (SSSR count). The summed E-state index contributed by atoms with van der Waals surface area (Å²) in [6.45, 7) is 2.39. The van der Waals surface area contributed by atoms with Crippen LogP contribution in [0.4, 0.5) is 0 Å². The zero-order valence-electron chi connectivity index (χ0n) is 11.0. The predicted octanol–water partition coefficient (Wildman–Crippen LogP) is 1.26. The number of carboxylic acid groups (broad SMARTS) is 1. The fourth-order valence-electron chi connectivity index (χ4n) is 2.72. The molecule has 6 nitrogen and oxygen atoms in total. The van der Waals surface area contributed by atoms with Gasteiger partial charge in [0.1, 0.15) is 6.04 Å². The molecule has 2 aromatic heterocycles. The van der Waals surface area contributed by atoms with Crippen molar-refractivity contribution in [3.8, 4) is 0 Å². The summed E-state index contributed by atoms with van der Waals surface area (Å²) < 4.78 is 1.87. The maximum Gasteiger partial charge on any atom is 0.326 e. The van der Waals surface area contributed by atoms with E-state index in [1.54, 1.807) is 0 Å². The van der Waals surface area contributed by atoms with Gasteiger partial charge < -0.3 is 10.0 Å². The van der Waals surface area contributed by atoms with Gasteiger partial charge in [-0.15, -0.1) is 11.3 Å². The lowest BCUT2D eigenvalue weighted by Gasteiger charge is -2.23. The van der Waals surface area contributed by atoms with Crippen molar-refractivity contribution in [3.63, 3.8) is 0 Å². The van der Waals surface area contributed by atoms with E-state index in [4.69, 9.17) is 0 Å². The third-order valence-corrected chi connectivity index (χ3v) is 4.52. The van der Waals surface area contributed by atoms with Crippen LogP contribution in [0.3, 0.4) is 0 Å². The fourth-order valence-corrected chi connectivity index (χ4v) is 3.44. The Labute approximate surface area is 119 Å². The molecular formula is C13H15N3O3S. The second-order valence-electron chi connectivity index (χ2n) is 5.14. The van der Waals surface area contributed by atoms with Crippen LogP contribution in [0.25, 0.3) is 4.96 Å². The Morgan fingerprint density at radius 2 is 2.35 bits per heavy atom. The van der Waals surface area contributed by atoms with E-state index in [0.29, 0.717) is 12.2 Å². The number of likely N-dealkylation sites (tertiary alicyclic amines) is 1. The molecule has 106 valence electrons. The Balaban J connectivity index is 1.75. The molecular weight excluding hydrogens is 278 g/mol. The number of carboxylic acids is 1. The van der Waals surface area contributed by atoms with E-state index in [1.165, 1.54) is 16.2 Å². The maximum absolute atomic E-state index is 12.3. The zero-order valence-corrected chi connectivity index (χ0v) is 11.8. The molecule has 0 bridgehead atoms. The summed E-state index contributed by atoms with van der Waals surface area (Å²) in [4.78, 5) is 30.2. The topological polar surface area (TPSA) is 74.9 Å². The Bertz CT molecular complexity index is 634. The largest absolute Gasteiger partial charge is 0.480 e. The lowest BCUT2D eigenvalue weighted by atomic mass is 10.0. The highest BCUT2D eigenvalue weighted by Crippen LogP contribution is 2.25. The van der Waals surface area contributed by atoms with Crippen molar-refractivity contribution >= 4 is 28.2 Å². The molecule has 1 amide bonds. The van der Waals surface area contributed by atoms with Gasteiger partial charge in [0.15, 0.2) is 4.96 Å². The summed E-state index contributed by atoms with van der Waals surface area (Å²) >= 11 is 1.51. The number of hydrogen-bond acceptors (Lipinski definition) is 4. The minimum Gasteiger partial charge on any atom is -0.480 e. The van der Waals surface area contributed by atoms with Crippen molar-refractivity contribution in [3.05, 3.63) is 23.5 Å². The van der Waals surface area contributed by atoms with E-state index in [1.807, 2.05) is 29.1 Å². The molecule has 3 heterocycles. The van der Waals surface area contributed by atoms with E-state index in [2.05, 4.69) is 4.98 Å². The summed E-state index contributed by atoms with van der Waals surface area (Å²) in [5.41, 5.74) is 0.686. The molecule has 2 aromatic rings. The van der Waals surface area contributed by atoms with Crippen LogP contribution in [0.15, 0.2) is 17.8 Å². The summed E-state index contributed by atoms with van der Waals surface area (Å²) in [5, 5.41) is 11.2. The molecule has 1 aliphatic heterocycles. The average Bonchev–Trinajstić information content (AvgIpc) is 3.02. The number of fused-ring (bicyclic) bond motifs is 1. The first kappa shape index (κ1) is 13.1. The SMILES string of the molecule is CC1CCN(C(=O)Cc2cn3ccsc3n2)C1C(=O)O. The molecule has 20 heavy (non-hydrogen) atoms. The first-order valence-corrected chi connectivity index (χ1v) is 7.37. The fraction of sp³-hybridized carbons (Fsp3) is 0.462. The van der Waals surface area contributed by atoms with Gasteiger partial charge in [-0.3, -0.25) is 9.20 Å². The van der Waals surface area contributed by atoms with Crippen molar-refractivity contribution in [1.82, 2.24) is 14.3 Å². The van der Waals surface area contributed by atoms with E-state index in [0.717, 1.165) is 11.4 Å². The summed E-state index contributed by atoms with van der Waals surface area (Å²) in [6, 6.07) is -0.703. The van der Waals surface area contributed by atoms with Gasteiger partial charge >= 0.3 is 5.97 Å². The smallest absolute Gasteiger partial charge is 0.326 e. The number of aromatic nitrogens is 2. The molecule has 0 aliphatic carbocycles. The highest BCUT2D eigenvalue weighted by Gasteiger charge is 2.39. The van der Waals surface area contributed by atoms with Crippen molar-refractivity contribution in [2.75, 3.05) is 6.54 Å². The highest BCUT2D eigenvalue weighted by atomic mass is 32.1. The molecule has 1 saturated heterocycles. The van der Waals surface area contributed by atoms with Crippen LogP contribution in [0.1, 0.15) is 19.0 Å². The standard InChI is InChI=1S/C13H15N3O3S/c1-8-2-3-16(11(8)12(18)19)10(17)6-9-7-15-4-5-20-13(15)14-9/h4-5,7-8,11H,2-3,6H2,1H3,(H,18,19). The molecule has 2 unspecified atom stereocenters. The molecule has 2 atom stereocenters. The molecule has 1 fully saturated rings. The lowest BCUT2D eigenvalue weighted by molar-refractivity contribution is -0.149. The maximum atomic E-state index is 12.3. The van der Waals surface area contributed by atoms with Gasteiger partial charge in [-0.25, -0.2) is 9.78 Å². The van der Waals surface area contributed by atoms with Crippen molar-refractivity contribution in [2.24, 2.45) is 5.92 Å². The van der Waals surface area contributed by atoms with Crippen LogP contribution in [-0.2, 0) is 16.0 Å². The van der Waals surface area contributed by atoms with Crippen LogP contribution in [-0.4, -0.2) is 43.9 Å². The predicted molar refractivity (Wildman–Crippen MR) is 73.7 cm³/mol. The average molecular weight is 293 g/mol. The number of imidazole rings is 1. The first-order chi connectivity index (χ1) is 9.56. The Hall–Kier alpha value is -1.89. The molecule has 0 aromatic carbocycles. The van der Waals surface area contributed by atoms with Crippen LogP contribution < -0.4 is 0 Å². The Kier molecular flexibility index (Phi) is 3.21. The minimum atomic E-state index is -0.922. The quantitative estimate of drug-likeness (QED) is 0.924. The highest BCUT2D eigenvalue weighted by molar-refractivity contribution is 7.15. The number of rotatable bonds is 3.